The van der Waals surface area contributed by atoms with Crippen molar-refractivity contribution in [2.45, 2.75) is 38.6 Å². The minimum absolute atomic E-state index is 0.0652. The van der Waals surface area contributed by atoms with E-state index >= 15 is 0 Å². The lowest BCUT2D eigenvalue weighted by Gasteiger charge is -2.13. The van der Waals surface area contributed by atoms with Gasteiger partial charge in [-0.15, -0.1) is 0 Å². The van der Waals surface area contributed by atoms with Crippen molar-refractivity contribution < 1.29 is 4.79 Å². The van der Waals surface area contributed by atoms with Gasteiger partial charge in [-0.3, -0.25) is 9.79 Å². The first kappa shape index (κ1) is 15.5. The highest BCUT2D eigenvalue weighted by atomic mass is 16.1. The zero-order chi connectivity index (χ0) is 15.9. The molecule has 3 nitrogen and oxygen atoms in total. The number of hydrogen-bond acceptors (Lipinski definition) is 2. The van der Waals surface area contributed by atoms with Crippen molar-refractivity contribution >= 4 is 17.3 Å². The number of aliphatic imine (C=N–C) groups is 1. The van der Waals surface area contributed by atoms with E-state index in [-0.39, 0.29) is 5.91 Å². The number of hydrogen-bond donors (Lipinski definition) is 1. The second-order valence-electron chi connectivity index (χ2n) is 5.92. The quantitative estimate of drug-likeness (QED) is 0.877. The van der Waals surface area contributed by atoms with Crippen molar-refractivity contribution in [3.63, 3.8) is 0 Å². The van der Waals surface area contributed by atoms with Crippen molar-refractivity contribution in [2.75, 3.05) is 0 Å². The number of carbonyl (C=O) groups excluding carboxylic acids is 1. The average molecular weight is 306 g/mol. The van der Waals surface area contributed by atoms with Crippen LogP contribution in [0.25, 0.3) is 0 Å². The molecule has 1 N–H and O–H groups in total. The lowest BCUT2D eigenvalue weighted by molar-refractivity contribution is 0.0951. The molecule has 23 heavy (non-hydrogen) atoms. The molecule has 0 atom stereocenters. The molecule has 1 amide bonds. The van der Waals surface area contributed by atoms with Crippen LogP contribution in [0.2, 0.25) is 0 Å². The fourth-order valence-electron chi connectivity index (χ4n) is 2.88. The van der Waals surface area contributed by atoms with Crippen LogP contribution >= 0.6 is 0 Å². The predicted molar refractivity (Wildman–Crippen MR) is 94.2 cm³/mol. The van der Waals surface area contributed by atoms with E-state index in [4.69, 9.17) is 4.99 Å². The molecule has 1 aliphatic rings. The first-order valence-corrected chi connectivity index (χ1v) is 8.30. The fraction of sp³-hybridized carbons (Fsp3) is 0.300. The number of amides is 1. The van der Waals surface area contributed by atoms with Crippen LogP contribution < -0.4 is 5.32 Å². The van der Waals surface area contributed by atoms with Crippen molar-refractivity contribution in [3.05, 3.63) is 65.7 Å². The molecule has 0 aliphatic heterocycles. The van der Waals surface area contributed by atoms with Crippen molar-refractivity contribution in [2.24, 2.45) is 4.99 Å². The maximum Gasteiger partial charge on any atom is 0.253 e. The van der Waals surface area contributed by atoms with Gasteiger partial charge in [-0.05, 0) is 43.4 Å². The van der Waals surface area contributed by atoms with Gasteiger partial charge in [0.25, 0.3) is 5.91 Å². The van der Waals surface area contributed by atoms with Crippen LogP contribution in [-0.4, -0.2) is 11.6 Å². The number of rotatable bonds is 4. The first-order chi connectivity index (χ1) is 11.3. The Morgan fingerprint density at radius 1 is 0.913 bits per heavy atom. The Balaban J connectivity index is 1.73. The first-order valence-electron chi connectivity index (χ1n) is 8.30. The molecule has 0 bridgehead atoms. The summed E-state index contributed by atoms with van der Waals surface area (Å²) >= 11 is 0. The van der Waals surface area contributed by atoms with Gasteiger partial charge in [-0.1, -0.05) is 48.9 Å². The van der Waals surface area contributed by atoms with E-state index in [9.17, 15) is 4.79 Å². The second kappa shape index (κ2) is 7.73. The van der Waals surface area contributed by atoms with Gasteiger partial charge in [0.2, 0.25) is 0 Å². The van der Waals surface area contributed by atoms with Crippen molar-refractivity contribution in [3.8, 4) is 0 Å². The summed E-state index contributed by atoms with van der Waals surface area (Å²) in [4.78, 5) is 17.3. The van der Waals surface area contributed by atoms with E-state index in [1.165, 1.54) is 25.0 Å². The average Bonchev–Trinajstić information content (AvgIpc) is 2.62. The normalized spacial score (nSPS) is 14.3. The van der Waals surface area contributed by atoms with Crippen LogP contribution in [-0.2, 0) is 6.54 Å². The molecular weight excluding hydrogens is 284 g/mol. The molecule has 0 saturated heterocycles. The standard InChI is InChI=1S/C20H22N2O/c23-20(21-15-16-9-3-1-4-10-16)18-13-7-8-14-19(18)22-17-11-5-2-6-12-17/h1,3-4,7-10,13-14H,2,5-6,11-12,15H2,(H,21,23). The summed E-state index contributed by atoms with van der Waals surface area (Å²) in [6, 6.07) is 17.6. The molecule has 0 unspecified atom stereocenters. The van der Waals surface area contributed by atoms with Crippen LogP contribution in [0.15, 0.2) is 59.6 Å². The SMILES string of the molecule is O=C(NCc1ccccc1)c1ccccc1N=C1CCCCC1. The Kier molecular flexibility index (Phi) is 5.20. The number of nitrogens with one attached hydrogen (secondary N) is 1. The van der Waals surface area contributed by atoms with E-state index in [2.05, 4.69) is 5.32 Å². The molecule has 0 spiro atoms. The van der Waals surface area contributed by atoms with Gasteiger partial charge in [0.15, 0.2) is 0 Å². The second-order valence-corrected chi connectivity index (χ2v) is 5.92. The van der Waals surface area contributed by atoms with Gasteiger partial charge in [0, 0.05) is 12.3 Å². The van der Waals surface area contributed by atoms with E-state index in [1.807, 2.05) is 54.6 Å². The number of carbonyl (C=O) groups is 1. The zero-order valence-corrected chi connectivity index (χ0v) is 13.3. The molecule has 0 radical (unpaired) electrons. The lowest BCUT2D eigenvalue weighted by atomic mass is 9.98. The van der Waals surface area contributed by atoms with E-state index < -0.39 is 0 Å². The minimum atomic E-state index is -0.0652. The van der Waals surface area contributed by atoms with Crippen molar-refractivity contribution in [1.82, 2.24) is 5.32 Å². The Labute approximate surface area is 137 Å². The van der Waals surface area contributed by atoms with Gasteiger partial charge < -0.3 is 5.32 Å². The third-order valence-electron chi connectivity index (χ3n) is 4.15. The summed E-state index contributed by atoms with van der Waals surface area (Å²) in [5.74, 6) is -0.0652. The third-order valence-corrected chi connectivity index (χ3v) is 4.15. The number of para-hydroxylation sites is 1. The van der Waals surface area contributed by atoms with Gasteiger partial charge in [-0.25, -0.2) is 0 Å². The third kappa shape index (κ3) is 4.28. The minimum Gasteiger partial charge on any atom is -0.348 e. The number of nitrogens with zero attached hydrogens (tertiary/aromatic N) is 1. The monoisotopic (exact) mass is 306 g/mol. The smallest absolute Gasteiger partial charge is 0.253 e. The van der Waals surface area contributed by atoms with Gasteiger partial charge >= 0.3 is 0 Å². The summed E-state index contributed by atoms with van der Waals surface area (Å²) in [7, 11) is 0. The molecule has 118 valence electrons. The molecule has 1 saturated carbocycles. The van der Waals surface area contributed by atoms with Gasteiger partial charge in [0.1, 0.15) is 0 Å². The summed E-state index contributed by atoms with van der Waals surface area (Å²) in [5.41, 5.74) is 3.76. The van der Waals surface area contributed by atoms with Crippen LogP contribution in [0, 0.1) is 0 Å². The van der Waals surface area contributed by atoms with Gasteiger partial charge in [0.05, 0.1) is 11.3 Å². The topological polar surface area (TPSA) is 41.5 Å². The van der Waals surface area contributed by atoms with Crippen LogP contribution in [0.4, 0.5) is 5.69 Å². The van der Waals surface area contributed by atoms with E-state index in [0.29, 0.717) is 12.1 Å². The van der Waals surface area contributed by atoms with Crippen LogP contribution in [0.5, 0.6) is 0 Å². The predicted octanol–water partition coefficient (Wildman–Crippen LogP) is 4.65. The van der Waals surface area contributed by atoms with E-state index in [0.717, 1.165) is 24.1 Å². The van der Waals surface area contributed by atoms with Gasteiger partial charge in [-0.2, -0.15) is 0 Å². The summed E-state index contributed by atoms with van der Waals surface area (Å²) in [6.45, 7) is 0.532. The molecular formula is C20H22N2O. The molecule has 3 heteroatoms. The largest absolute Gasteiger partial charge is 0.348 e. The zero-order valence-electron chi connectivity index (χ0n) is 13.3. The lowest BCUT2D eigenvalue weighted by Crippen LogP contribution is -2.22. The Morgan fingerprint density at radius 2 is 1.61 bits per heavy atom. The summed E-state index contributed by atoms with van der Waals surface area (Å²) in [5, 5.41) is 2.98. The maximum absolute atomic E-state index is 12.5. The molecule has 3 rings (SSSR count). The Morgan fingerprint density at radius 3 is 2.39 bits per heavy atom. The molecule has 0 heterocycles. The summed E-state index contributed by atoms with van der Waals surface area (Å²) in [6.07, 6.45) is 5.82. The highest BCUT2D eigenvalue weighted by molar-refractivity contribution is 6.00. The van der Waals surface area contributed by atoms with Crippen LogP contribution in [0.3, 0.4) is 0 Å². The van der Waals surface area contributed by atoms with Crippen LogP contribution in [0.1, 0.15) is 48.0 Å². The maximum atomic E-state index is 12.5. The number of benzene rings is 2. The molecule has 1 fully saturated rings. The molecule has 0 aromatic heterocycles. The molecule has 1 aliphatic carbocycles. The fourth-order valence-corrected chi connectivity index (χ4v) is 2.88. The van der Waals surface area contributed by atoms with Crippen molar-refractivity contribution in [1.29, 1.82) is 0 Å². The Hall–Kier alpha value is -2.42. The molecule has 2 aromatic rings. The van der Waals surface area contributed by atoms with E-state index in [1.54, 1.807) is 0 Å². The molecule has 2 aromatic carbocycles. The Bertz CT molecular complexity index is 684. The summed E-state index contributed by atoms with van der Waals surface area (Å²) < 4.78 is 0. The highest BCUT2D eigenvalue weighted by Gasteiger charge is 2.12. The highest BCUT2D eigenvalue weighted by Crippen LogP contribution is 2.23.